The highest BCUT2D eigenvalue weighted by Gasteiger charge is 2.18. The fourth-order valence-electron chi connectivity index (χ4n) is 3.56. The van der Waals surface area contributed by atoms with E-state index >= 15 is 0 Å². The van der Waals surface area contributed by atoms with Gasteiger partial charge in [-0.05, 0) is 76.6 Å². The molecule has 0 atom stereocenters. The molecule has 0 spiro atoms. The molecule has 0 aliphatic rings. The molecular formula is C24H24N4O3. The van der Waals surface area contributed by atoms with Crippen LogP contribution in [0.2, 0.25) is 0 Å². The van der Waals surface area contributed by atoms with E-state index in [2.05, 4.69) is 5.10 Å². The van der Waals surface area contributed by atoms with Gasteiger partial charge in [-0.3, -0.25) is 4.79 Å². The van der Waals surface area contributed by atoms with Crippen LogP contribution in [0.5, 0.6) is 0 Å². The van der Waals surface area contributed by atoms with E-state index in [0.29, 0.717) is 23.6 Å². The molecule has 0 fully saturated rings. The van der Waals surface area contributed by atoms with Gasteiger partial charge in [-0.1, -0.05) is 6.07 Å². The Balaban J connectivity index is 2.02. The summed E-state index contributed by atoms with van der Waals surface area (Å²) in [6.45, 7) is 9.47. The SMILES string of the molecule is CCOC(=O)c1cccc(-n2c(C)cc(/C=C(\C#N)C(=O)n3nc(C)cc3C)c2C)c1. The molecule has 0 aliphatic heterocycles. The summed E-state index contributed by atoms with van der Waals surface area (Å²) in [5.74, 6) is -0.851. The molecule has 0 amide bonds. The fraction of sp³-hybridized carbons (Fsp3) is 0.250. The smallest absolute Gasteiger partial charge is 0.338 e. The lowest BCUT2D eigenvalue weighted by atomic mass is 10.1. The summed E-state index contributed by atoms with van der Waals surface area (Å²) in [7, 11) is 0. The first kappa shape index (κ1) is 21.8. The van der Waals surface area contributed by atoms with Crippen molar-refractivity contribution in [1.82, 2.24) is 14.3 Å². The zero-order chi connectivity index (χ0) is 22.7. The van der Waals surface area contributed by atoms with Gasteiger partial charge in [0.05, 0.1) is 17.9 Å². The summed E-state index contributed by atoms with van der Waals surface area (Å²) in [5.41, 5.74) is 5.11. The van der Waals surface area contributed by atoms with Crippen LogP contribution >= 0.6 is 0 Å². The van der Waals surface area contributed by atoms with E-state index in [4.69, 9.17) is 4.74 Å². The largest absolute Gasteiger partial charge is 0.462 e. The van der Waals surface area contributed by atoms with E-state index < -0.39 is 5.91 Å². The number of hydrogen-bond acceptors (Lipinski definition) is 5. The van der Waals surface area contributed by atoms with Crippen LogP contribution in [-0.4, -0.2) is 32.8 Å². The third-order valence-electron chi connectivity index (χ3n) is 4.94. The predicted octanol–water partition coefficient (Wildman–Crippen LogP) is 4.33. The molecule has 0 unspecified atom stereocenters. The number of nitriles is 1. The number of benzene rings is 1. The van der Waals surface area contributed by atoms with Gasteiger partial charge in [-0.15, -0.1) is 0 Å². The number of carbonyl (C=O) groups excluding carboxylic acids is 2. The average molecular weight is 416 g/mol. The zero-order valence-electron chi connectivity index (χ0n) is 18.3. The molecule has 0 aliphatic carbocycles. The Hall–Kier alpha value is -3.92. The standard InChI is InChI=1S/C24H24N4O3/c1-6-31-24(30)19-8-7-9-22(13-19)27-16(3)11-20(18(27)5)12-21(14-25)23(29)28-17(4)10-15(2)26-28/h7-13H,6H2,1-5H3/b21-12+. The van der Waals surface area contributed by atoms with Gasteiger partial charge in [0, 0.05) is 22.8 Å². The van der Waals surface area contributed by atoms with Gasteiger partial charge in [0.1, 0.15) is 11.6 Å². The molecule has 0 N–H and O–H groups in total. The zero-order valence-corrected chi connectivity index (χ0v) is 18.3. The van der Waals surface area contributed by atoms with Crippen molar-refractivity contribution in [3.05, 3.63) is 75.9 Å². The summed E-state index contributed by atoms with van der Waals surface area (Å²) in [6.07, 6.45) is 1.58. The highest BCUT2D eigenvalue weighted by Crippen LogP contribution is 2.24. The third-order valence-corrected chi connectivity index (χ3v) is 4.94. The molecule has 158 valence electrons. The summed E-state index contributed by atoms with van der Waals surface area (Å²) < 4.78 is 8.30. The lowest BCUT2D eigenvalue weighted by Gasteiger charge is -2.11. The molecule has 0 saturated carbocycles. The number of aromatic nitrogens is 3. The van der Waals surface area contributed by atoms with Crippen LogP contribution in [0, 0.1) is 39.0 Å². The molecule has 3 aromatic rings. The molecule has 31 heavy (non-hydrogen) atoms. The van der Waals surface area contributed by atoms with Crippen molar-refractivity contribution in [3.8, 4) is 11.8 Å². The van der Waals surface area contributed by atoms with Crippen molar-refractivity contribution in [2.24, 2.45) is 0 Å². The van der Waals surface area contributed by atoms with Crippen LogP contribution in [0.25, 0.3) is 11.8 Å². The molecule has 2 aromatic heterocycles. The monoisotopic (exact) mass is 416 g/mol. The van der Waals surface area contributed by atoms with Crippen molar-refractivity contribution in [2.45, 2.75) is 34.6 Å². The molecule has 7 nitrogen and oxygen atoms in total. The average Bonchev–Trinajstić information content (AvgIpc) is 3.22. The predicted molar refractivity (Wildman–Crippen MR) is 117 cm³/mol. The van der Waals surface area contributed by atoms with Crippen molar-refractivity contribution in [2.75, 3.05) is 6.61 Å². The van der Waals surface area contributed by atoms with Gasteiger partial charge < -0.3 is 9.30 Å². The van der Waals surface area contributed by atoms with Gasteiger partial charge in [0.2, 0.25) is 0 Å². The van der Waals surface area contributed by atoms with Crippen LogP contribution in [0.1, 0.15) is 50.4 Å². The van der Waals surface area contributed by atoms with E-state index in [9.17, 15) is 14.9 Å². The van der Waals surface area contributed by atoms with Gasteiger partial charge in [0.25, 0.3) is 5.91 Å². The van der Waals surface area contributed by atoms with Crippen LogP contribution in [-0.2, 0) is 4.74 Å². The minimum atomic E-state index is -0.470. The Morgan fingerprint density at radius 3 is 2.48 bits per heavy atom. The minimum absolute atomic E-state index is 0.00766. The fourth-order valence-corrected chi connectivity index (χ4v) is 3.56. The molecular weight excluding hydrogens is 392 g/mol. The normalized spacial score (nSPS) is 11.3. The molecule has 2 heterocycles. The Morgan fingerprint density at radius 1 is 1.13 bits per heavy atom. The minimum Gasteiger partial charge on any atom is -0.462 e. The summed E-state index contributed by atoms with van der Waals surface area (Å²) >= 11 is 0. The highest BCUT2D eigenvalue weighted by molar-refractivity contribution is 6.03. The van der Waals surface area contributed by atoms with Crippen molar-refractivity contribution < 1.29 is 14.3 Å². The summed E-state index contributed by atoms with van der Waals surface area (Å²) in [4.78, 5) is 24.9. The first-order valence-electron chi connectivity index (χ1n) is 9.93. The Labute approximate surface area is 181 Å². The van der Waals surface area contributed by atoms with Gasteiger partial charge in [-0.2, -0.15) is 10.4 Å². The van der Waals surface area contributed by atoms with Crippen LogP contribution in [0.15, 0.2) is 42.0 Å². The molecule has 0 bridgehead atoms. The van der Waals surface area contributed by atoms with E-state index in [1.165, 1.54) is 4.68 Å². The quantitative estimate of drug-likeness (QED) is 0.351. The summed E-state index contributed by atoms with van der Waals surface area (Å²) in [5, 5.41) is 13.8. The van der Waals surface area contributed by atoms with E-state index in [0.717, 1.165) is 22.6 Å². The van der Waals surface area contributed by atoms with Crippen molar-refractivity contribution in [1.29, 1.82) is 5.26 Å². The van der Waals surface area contributed by atoms with Crippen LogP contribution in [0.4, 0.5) is 0 Å². The van der Waals surface area contributed by atoms with E-state index in [-0.39, 0.29) is 11.5 Å². The number of nitrogens with zero attached hydrogens (tertiary/aromatic N) is 4. The maximum Gasteiger partial charge on any atom is 0.338 e. The summed E-state index contributed by atoms with van der Waals surface area (Å²) in [6, 6.07) is 12.8. The number of hydrogen-bond donors (Lipinski definition) is 0. The lowest BCUT2D eigenvalue weighted by molar-refractivity contribution is 0.0526. The van der Waals surface area contributed by atoms with Gasteiger partial charge in [0.15, 0.2) is 0 Å². The van der Waals surface area contributed by atoms with E-state index in [1.54, 1.807) is 51.1 Å². The molecule has 1 aromatic carbocycles. The Kier molecular flexibility index (Phi) is 6.21. The van der Waals surface area contributed by atoms with Crippen molar-refractivity contribution in [3.63, 3.8) is 0 Å². The third kappa shape index (κ3) is 4.33. The molecule has 0 radical (unpaired) electrons. The first-order valence-corrected chi connectivity index (χ1v) is 9.93. The Morgan fingerprint density at radius 2 is 1.87 bits per heavy atom. The van der Waals surface area contributed by atoms with Gasteiger partial charge >= 0.3 is 5.97 Å². The molecule has 7 heteroatoms. The van der Waals surface area contributed by atoms with Gasteiger partial charge in [-0.25, -0.2) is 9.48 Å². The number of allylic oxidation sites excluding steroid dienone is 1. The first-order chi connectivity index (χ1) is 14.8. The van der Waals surface area contributed by atoms with E-state index in [1.807, 2.05) is 36.6 Å². The number of carbonyl (C=O) groups is 2. The topological polar surface area (TPSA) is 89.9 Å². The lowest BCUT2D eigenvalue weighted by Crippen LogP contribution is -2.15. The number of ether oxygens (including phenoxy) is 1. The van der Waals surface area contributed by atoms with Crippen LogP contribution < -0.4 is 0 Å². The maximum atomic E-state index is 12.8. The second-order valence-electron chi connectivity index (χ2n) is 7.25. The second kappa shape index (κ2) is 8.84. The maximum absolute atomic E-state index is 12.8. The second-order valence-corrected chi connectivity index (χ2v) is 7.25. The van der Waals surface area contributed by atoms with Crippen molar-refractivity contribution >= 4 is 18.0 Å². The molecule has 3 rings (SSSR count). The van der Waals surface area contributed by atoms with Crippen LogP contribution in [0.3, 0.4) is 0 Å². The Bertz CT molecular complexity index is 1240. The number of esters is 1. The number of rotatable bonds is 5. The number of aryl methyl sites for hydroxylation is 3. The highest BCUT2D eigenvalue weighted by atomic mass is 16.5. The molecule has 0 saturated heterocycles.